The number of carbonyl (C=O) groups excluding carboxylic acids is 2. The first-order valence-electron chi connectivity index (χ1n) is 8.19. The van der Waals surface area contributed by atoms with E-state index in [0.29, 0.717) is 11.0 Å². The number of ether oxygens (including phenoxy) is 2. The van der Waals surface area contributed by atoms with Gasteiger partial charge in [-0.1, -0.05) is 6.07 Å². The monoisotopic (exact) mass is 403 g/mol. The maximum Gasteiger partial charge on any atom is 0.348 e. The lowest BCUT2D eigenvalue weighted by Gasteiger charge is -2.09. The fourth-order valence-corrected chi connectivity index (χ4v) is 3.80. The quantitative estimate of drug-likeness (QED) is 0.249. The van der Waals surface area contributed by atoms with Gasteiger partial charge >= 0.3 is 11.7 Å². The summed E-state index contributed by atoms with van der Waals surface area (Å²) in [5, 5.41) is 11.5. The molecule has 0 aliphatic rings. The van der Waals surface area contributed by atoms with Crippen LogP contribution in [0.2, 0.25) is 0 Å². The lowest BCUT2D eigenvalue weighted by atomic mass is 10.1. The van der Waals surface area contributed by atoms with Crippen molar-refractivity contribution in [1.29, 1.82) is 0 Å². The van der Waals surface area contributed by atoms with Crippen molar-refractivity contribution in [3.8, 4) is 5.75 Å². The van der Waals surface area contributed by atoms with Crippen molar-refractivity contribution < 1.29 is 28.4 Å². The molecule has 0 saturated heterocycles. The summed E-state index contributed by atoms with van der Waals surface area (Å²) in [5.74, 6) is -1.25. The topological polar surface area (TPSA) is 95.7 Å². The number of rotatable bonds is 7. The molecule has 144 valence electrons. The number of aldehydes is 1. The number of nitro groups is 1. The third-order valence-corrected chi connectivity index (χ3v) is 5.09. The Hall–Kier alpha value is -3.33. The molecule has 1 aromatic heterocycles. The number of fused-ring (bicyclic) bond motifs is 1. The van der Waals surface area contributed by atoms with Gasteiger partial charge in [0.05, 0.1) is 11.5 Å². The lowest BCUT2D eigenvalue weighted by Crippen LogP contribution is -2.08. The van der Waals surface area contributed by atoms with E-state index in [4.69, 9.17) is 9.47 Å². The predicted molar refractivity (Wildman–Crippen MR) is 101 cm³/mol. The van der Waals surface area contributed by atoms with Gasteiger partial charge in [-0.2, -0.15) is 0 Å². The van der Waals surface area contributed by atoms with Gasteiger partial charge in [0.15, 0.2) is 5.75 Å². The number of benzene rings is 2. The molecule has 0 saturated carbocycles. The first-order chi connectivity index (χ1) is 13.5. The van der Waals surface area contributed by atoms with E-state index in [1.165, 1.54) is 24.3 Å². The largest absolute Gasteiger partial charge is 0.482 e. The molecule has 0 unspecified atom stereocenters. The molecule has 0 spiro atoms. The van der Waals surface area contributed by atoms with Crippen molar-refractivity contribution >= 4 is 39.4 Å². The molecule has 3 rings (SSSR count). The van der Waals surface area contributed by atoms with E-state index in [-0.39, 0.29) is 40.4 Å². The number of esters is 1. The Bertz CT molecular complexity index is 1080. The summed E-state index contributed by atoms with van der Waals surface area (Å²) in [6.45, 7) is 1.52. The molecule has 0 aliphatic carbocycles. The van der Waals surface area contributed by atoms with Crippen molar-refractivity contribution in [1.82, 2.24) is 0 Å². The Labute approximate surface area is 162 Å². The van der Waals surface area contributed by atoms with Crippen LogP contribution in [0.25, 0.3) is 10.1 Å². The maximum atomic E-state index is 14.4. The molecule has 0 aliphatic heterocycles. The van der Waals surface area contributed by atoms with E-state index in [1.54, 1.807) is 13.0 Å². The minimum absolute atomic E-state index is 0.0962. The van der Waals surface area contributed by atoms with E-state index in [9.17, 15) is 24.1 Å². The molecular weight excluding hydrogens is 389 g/mol. The highest BCUT2D eigenvalue weighted by Crippen LogP contribution is 2.36. The second kappa shape index (κ2) is 8.13. The van der Waals surface area contributed by atoms with Crippen molar-refractivity contribution in [2.24, 2.45) is 0 Å². The number of hydrogen-bond acceptors (Lipinski definition) is 7. The molecule has 28 heavy (non-hydrogen) atoms. The summed E-state index contributed by atoms with van der Waals surface area (Å²) in [4.78, 5) is 33.9. The van der Waals surface area contributed by atoms with Gasteiger partial charge in [0.25, 0.3) is 0 Å². The third-order valence-electron chi connectivity index (χ3n) is 3.91. The lowest BCUT2D eigenvalue weighted by molar-refractivity contribution is -0.386. The number of nitrogens with zero attached hydrogens (tertiary/aromatic N) is 1. The summed E-state index contributed by atoms with van der Waals surface area (Å²) < 4.78 is 25.5. The van der Waals surface area contributed by atoms with Gasteiger partial charge in [-0.25, -0.2) is 9.18 Å². The van der Waals surface area contributed by atoms with E-state index in [0.717, 1.165) is 17.4 Å². The first kappa shape index (κ1) is 19.4. The van der Waals surface area contributed by atoms with Crippen LogP contribution in [0, 0.1) is 15.9 Å². The Morgan fingerprint density at radius 1 is 1.32 bits per heavy atom. The molecular formula is C19H14FNO6S. The fourth-order valence-electron chi connectivity index (χ4n) is 2.69. The molecule has 0 N–H and O–H groups in total. The van der Waals surface area contributed by atoms with Gasteiger partial charge in [0.2, 0.25) is 0 Å². The molecule has 0 fully saturated rings. The van der Waals surface area contributed by atoms with E-state index in [2.05, 4.69) is 0 Å². The molecule has 9 heteroatoms. The summed E-state index contributed by atoms with van der Waals surface area (Å²) in [5.41, 5.74) is -0.0223. The van der Waals surface area contributed by atoms with E-state index < -0.39 is 22.4 Å². The standard InChI is InChI=1S/C19H14FNO6S/c1-2-26-19(23)18-12(17-13(20)4-3-5-16(17)28-18)10-27-15-7-6-11(9-22)8-14(15)21(24)25/h3-9H,2,10H2,1H3. The zero-order valence-corrected chi connectivity index (χ0v) is 15.5. The molecule has 1 heterocycles. The predicted octanol–water partition coefficient (Wildman–Crippen LogP) is 4.52. The van der Waals surface area contributed by atoms with Crippen LogP contribution in [0.3, 0.4) is 0 Å². The summed E-state index contributed by atoms with van der Waals surface area (Å²) in [6.07, 6.45) is 0.484. The van der Waals surface area contributed by atoms with Crippen LogP contribution in [0.4, 0.5) is 10.1 Å². The molecule has 0 radical (unpaired) electrons. The van der Waals surface area contributed by atoms with Gasteiger partial charge < -0.3 is 9.47 Å². The summed E-state index contributed by atoms with van der Waals surface area (Å²) in [6, 6.07) is 8.19. The summed E-state index contributed by atoms with van der Waals surface area (Å²) >= 11 is 1.06. The van der Waals surface area contributed by atoms with Gasteiger partial charge in [-0.15, -0.1) is 11.3 Å². The average molecular weight is 403 g/mol. The number of nitro benzene ring substituents is 1. The Kier molecular flexibility index (Phi) is 5.65. The van der Waals surface area contributed by atoms with Crippen LogP contribution < -0.4 is 4.74 Å². The molecule has 0 atom stereocenters. The van der Waals surface area contributed by atoms with Crippen LogP contribution in [-0.4, -0.2) is 23.8 Å². The Morgan fingerprint density at radius 3 is 2.79 bits per heavy atom. The van der Waals surface area contributed by atoms with Crippen LogP contribution in [0.1, 0.15) is 32.5 Å². The minimum atomic E-state index is -0.680. The Balaban J connectivity index is 2.03. The highest BCUT2D eigenvalue weighted by atomic mass is 32.1. The highest BCUT2D eigenvalue weighted by Gasteiger charge is 2.23. The van der Waals surface area contributed by atoms with Crippen LogP contribution >= 0.6 is 11.3 Å². The molecule has 0 bridgehead atoms. The molecule has 0 amide bonds. The zero-order valence-electron chi connectivity index (χ0n) is 14.6. The van der Waals surface area contributed by atoms with E-state index in [1.807, 2.05) is 0 Å². The smallest absolute Gasteiger partial charge is 0.348 e. The molecule has 7 nitrogen and oxygen atoms in total. The number of thiophene rings is 1. The van der Waals surface area contributed by atoms with Crippen LogP contribution in [0.5, 0.6) is 5.75 Å². The second-order valence-electron chi connectivity index (χ2n) is 5.63. The zero-order chi connectivity index (χ0) is 20.3. The number of carbonyl (C=O) groups is 2. The van der Waals surface area contributed by atoms with Crippen molar-refractivity contribution in [3.63, 3.8) is 0 Å². The number of hydrogen-bond donors (Lipinski definition) is 0. The van der Waals surface area contributed by atoms with Gasteiger partial charge in [-0.05, 0) is 31.2 Å². The summed E-state index contributed by atoms with van der Waals surface area (Å²) in [7, 11) is 0. The van der Waals surface area contributed by atoms with Crippen molar-refractivity contribution in [2.45, 2.75) is 13.5 Å². The van der Waals surface area contributed by atoms with Gasteiger partial charge in [0, 0.05) is 27.3 Å². The minimum Gasteiger partial charge on any atom is -0.482 e. The normalized spacial score (nSPS) is 10.6. The SMILES string of the molecule is CCOC(=O)c1sc2cccc(F)c2c1COc1ccc(C=O)cc1[N+](=O)[O-]. The van der Waals surface area contributed by atoms with Crippen molar-refractivity contribution in [2.75, 3.05) is 6.61 Å². The first-order valence-corrected chi connectivity index (χ1v) is 9.01. The number of halogens is 1. The van der Waals surface area contributed by atoms with Crippen LogP contribution in [-0.2, 0) is 11.3 Å². The Morgan fingerprint density at radius 2 is 2.11 bits per heavy atom. The molecule has 3 aromatic rings. The van der Waals surface area contributed by atoms with Gasteiger partial charge in [-0.3, -0.25) is 14.9 Å². The van der Waals surface area contributed by atoms with E-state index >= 15 is 0 Å². The second-order valence-corrected chi connectivity index (χ2v) is 6.69. The van der Waals surface area contributed by atoms with Crippen LogP contribution in [0.15, 0.2) is 36.4 Å². The average Bonchev–Trinajstić information content (AvgIpc) is 3.06. The maximum absolute atomic E-state index is 14.4. The fraction of sp³-hybridized carbons (Fsp3) is 0.158. The third kappa shape index (κ3) is 3.70. The van der Waals surface area contributed by atoms with Crippen molar-refractivity contribution in [3.05, 3.63) is 68.3 Å². The molecule has 2 aromatic carbocycles. The highest BCUT2D eigenvalue weighted by molar-refractivity contribution is 7.21. The van der Waals surface area contributed by atoms with Gasteiger partial charge in [0.1, 0.15) is 23.6 Å².